The average Bonchev–Trinajstić information content (AvgIpc) is 3.12. The first-order chi connectivity index (χ1) is 15.0. The van der Waals surface area contributed by atoms with Crippen LogP contribution in [0.4, 0.5) is 5.00 Å². The van der Waals surface area contributed by atoms with Gasteiger partial charge >= 0.3 is 0 Å². The number of fused-ring (bicyclic) bond motifs is 1. The Morgan fingerprint density at radius 3 is 2.50 bits per heavy atom. The van der Waals surface area contributed by atoms with E-state index in [9.17, 15) is 9.59 Å². The molecule has 0 fully saturated rings. The van der Waals surface area contributed by atoms with E-state index in [0.29, 0.717) is 28.5 Å². The number of thiophene rings is 1. The standard InChI is InChI=1S/C24H25N3O3S.ClH/c1-2-30-18-10-8-17(9-11-18)23(29)26-24-21(22(25)28)19-12-13-27(15-20(19)31-24)14-16-6-4-3-5-7-16;/h3-11H,2,12-15H2,1H3,(H2,25,28)(H,26,29);1H. The fraction of sp³-hybridized carbons (Fsp3) is 0.250. The number of amides is 2. The SMILES string of the molecule is CCOc1ccc(C(=O)Nc2sc3c(c2C(N)=O)CCN(Cc2ccccc2)C3)cc1.Cl. The lowest BCUT2D eigenvalue weighted by molar-refractivity contribution is 0.0999. The number of ether oxygens (including phenoxy) is 1. The largest absolute Gasteiger partial charge is 0.494 e. The number of nitrogens with zero attached hydrogens (tertiary/aromatic N) is 1. The second-order valence-electron chi connectivity index (χ2n) is 7.43. The van der Waals surface area contributed by atoms with Gasteiger partial charge in [-0.2, -0.15) is 0 Å². The van der Waals surface area contributed by atoms with Crippen LogP contribution in [0, 0.1) is 0 Å². The van der Waals surface area contributed by atoms with E-state index in [0.717, 1.165) is 36.5 Å². The first-order valence-corrected chi connectivity index (χ1v) is 11.1. The molecule has 6 nitrogen and oxygen atoms in total. The summed E-state index contributed by atoms with van der Waals surface area (Å²) in [5, 5.41) is 3.43. The Morgan fingerprint density at radius 2 is 1.84 bits per heavy atom. The summed E-state index contributed by atoms with van der Waals surface area (Å²) >= 11 is 1.44. The Morgan fingerprint density at radius 1 is 1.12 bits per heavy atom. The van der Waals surface area contributed by atoms with Crippen LogP contribution in [-0.4, -0.2) is 29.9 Å². The molecule has 0 saturated heterocycles. The summed E-state index contributed by atoms with van der Waals surface area (Å²) in [6.07, 6.45) is 0.732. The highest BCUT2D eigenvalue weighted by Gasteiger charge is 2.28. The van der Waals surface area contributed by atoms with Crippen molar-refractivity contribution >= 4 is 40.6 Å². The summed E-state index contributed by atoms with van der Waals surface area (Å²) in [4.78, 5) is 28.4. The number of nitrogens with one attached hydrogen (secondary N) is 1. The van der Waals surface area contributed by atoms with Crippen LogP contribution in [0.1, 0.15) is 43.6 Å². The minimum atomic E-state index is -0.504. The van der Waals surface area contributed by atoms with Crippen molar-refractivity contribution in [3.05, 3.63) is 81.7 Å². The molecule has 1 aliphatic rings. The molecule has 0 atom stereocenters. The minimum Gasteiger partial charge on any atom is -0.494 e. The number of carbonyl (C=O) groups is 2. The maximum Gasteiger partial charge on any atom is 0.256 e. The highest BCUT2D eigenvalue weighted by atomic mass is 35.5. The smallest absolute Gasteiger partial charge is 0.256 e. The zero-order valence-corrected chi connectivity index (χ0v) is 19.4. The van der Waals surface area contributed by atoms with E-state index in [2.05, 4.69) is 22.3 Å². The molecule has 0 unspecified atom stereocenters. The summed E-state index contributed by atoms with van der Waals surface area (Å²) in [5.74, 6) is -0.0664. The number of hydrogen-bond donors (Lipinski definition) is 2. The van der Waals surface area contributed by atoms with Gasteiger partial charge in [0.05, 0.1) is 12.2 Å². The van der Waals surface area contributed by atoms with Crippen molar-refractivity contribution in [1.29, 1.82) is 0 Å². The van der Waals surface area contributed by atoms with Crippen LogP contribution in [0.2, 0.25) is 0 Å². The molecule has 168 valence electrons. The molecular weight excluding hydrogens is 446 g/mol. The van der Waals surface area contributed by atoms with Gasteiger partial charge in [-0.05, 0) is 48.7 Å². The topological polar surface area (TPSA) is 84.7 Å². The van der Waals surface area contributed by atoms with Crippen molar-refractivity contribution in [3.8, 4) is 5.75 Å². The van der Waals surface area contributed by atoms with E-state index < -0.39 is 5.91 Å². The number of anilines is 1. The molecule has 1 aromatic heterocycles. The molecule has 0 radical (unpaired) electrons. The molecule has 0 spiro atoms. The molecule has 2 heterocycles. The van der Waals surface area contributed by atoms with E-state index in [-0.39, 0.29) is 18.3 Å². The first kappa shape index (κ1) is 23.8. The van der Waals surface area contributed by atoms with Gasteiger partial charge in [0.15, 0.2) is 0 Å². The first-order valence-electron chi connectivity index (χ1n) is 10.3. The van der Waals surface area contributed by atoms with Gasteiger partial charge in [0.1, 0.15) is 10.8 Å². The molecule has 0 saturated carbocycles. The monoisotopic (exact) mass is 471 g/mol. The quantitative estimate of drug-likeness (QED) is 0.532. The second kappa shape index (κ2) is 10.6. The minimum absolute atomic E-state index is 0. The Hall–Kier alpha value is -2.87. The van der Waals surface area contributed by atoms with Crippen molar-refractivity contribution in [2.24, 2.45) is 5.73 Å². The number of carbonyl (C=O) groups excluding carboxylic acids is 2. The van der Waals surface area contributed by atoms with Gasteiger partial charge in [0.25, 0.3) is 11.8 Å². The molecule has 2 aromatic carbocycles. The zero-order chi connectivity index (χ0) is 21.8. The predicted molar refractivity (Wildman–Crippen MR) is 130 cm³/mol. The van der Waals surface area contributed by atoms with Crippen LogP contribution in [0.25, 0.3) is 0 Å². The van der Waals surface area contributed by atoms with Crippen LogP contribution >= 0.6 is 23.7 Å². The Bertz CT molecular complexity index is 1080. The number of hydrogen-bond acceptors (Lipinski definition) is 5. The predicted octanol–water partition coefficient (Wildman–Crippen LogP) is 4.48. The maximum atomic E-state index is 12.8. The van der Waals surface area contributed by atoms with E-state index in [1.165, 1.54) is 16.9 Å². The molecular formula is C24H26ClN3O3S. The van der Waals surface area contributed by atoms with E-state index in [4.69, 9.17) is 10.5 Å². The van der Waals surface area contributed by atoms with Crippen LogP contribution in [-0.2, 0) is 19.5 Å². The molecule has 1 aliphatic heterocycles. The molecule has 3 N–H and O–H groups in total. The lowest BCUT2D eigenvalue weighted by Crippen LogP contribution is -2.30. The molecule has 8 heteroatoms. The third-order valence-corrected chi connectivity index (χ3v) is 6.42. The fourth-order valence-corrected chi connectivity index (χ4v) is 5.12. The molecule has 2 amide bonds. The highest BCUT2D eigenvalue weighted by molar-refractivity contribution is 7.17. The summed E-state index contributed by atoms with van der Waals surface area (Å²) in [6, 6.07) is 17.2. The van der Waals surface area contributed by atoms with Gasteiger partial charge in [0, 0.05) is 30.1 Å². The molecule has 3 aromatic rings. The summed E-state index contributed by atoms with van der Waals surface area (Å²) in [7, 11) is 0. The van der Waals surface area contributed by atoms with Crippen LogP contribution in [0.3, 0.4) is 0 Å². The van der Waals surface area contributed by atoms with E-state index in [1.807, 2.05) is 25.1 Å². The number of halogens is 1. The third kappa shape index (κ3) is 5.30. The highest BCUT2D eigenvalue weighted by Crippen LogP contribution is 2.37. The normalized spacial score (nSPS) is 13.0. The average molecular weight is 472 g/mol. The Kier molecular flexibility index (Phi) is 7.90. The summed E-state index contributed by atoms with van der Waals surface area (Å²) < 4.78 is 5.42. The molecule has 32 heavy (non-hydrogen) atoms. The maximum absolute atomic E-state index is 12.8. The van der Waals surface area contributed by atoms with Crippen molar-refractivity contribution in [2.45, 2.75) is 26.4 Å². The zero-order valence-electron chi connectivity index (χ0n) is 17.8. The lowest BCUT2D eigenvalue weighted by Gasteiger charge is -2.27. The number of nitrogens with two attached hydrogens (primary N) is 1. The van der Waals surface area contributed by atoms with E-state index in [1.54, 1.807) is 24.3 Å². The van der Waals surface area contributed by atoms with Crippen molar-refractivity contribution in [2.75, 3.05) is 18.5 Å². The van der Waals surface area contributed by atoms with Crippen LogP contribution in [0.5, 0.6) is 5.75 Å². The van der Waals surface area contributed by atoms with Crippen LogP contribution in [0.15, 0.2) is 54.6 Å². The van der Waals surface area contributed by atoms with Crippen molar-refractivity contribution in [3.63, 3.8) is 0 Å². The Labute approximate surface area is 197 Å². The van der Waals surface area contributed by atoms with Crippen LogP contribution < -0.4 is 15.8 Å². The molecule has 4 rings (SSSR count). The van der Waals surface area contributed by atoms with Gasteiger partial charge in [0.2, 0.25) is 0 Å². The van der Waals surface area contributed by atoms with Gasteiger partial charge in [-0.1, -0.05) is 30.3 Å². The second-order valence-corrected chi connectivity index (χ2v) is 8.54. The molecule has 0 bridgehead atoms. The van der Waals surface area contributed by atoms with Gasteiger partial charge < -0.3 is 15.8 Å². The summed E-state index contributed by atoms with van der Waals surface area (Å²) in [5.41, 5.74) is 8.85. The number of primary amides is 1. The summed E-state index contributed by atoms with van der Waals surface area (Å²) in [6.45, 7) is 4.89. The lowest BCUT2D eigenvalue weighted by atomic mass is 10.0. The van der Waals surface area contributed by atoms with E-state index >= 15 is 0 Å². The number of benzene rings is 2. The fourth-order valence-electron chi connectivity index (χ4n) is 3.83. The molecule has 0 aliphatic carbocycles. The third-order valence-electron chi connectivity index (χ3n) is 5.29. The van der Waals surface area contributed by atoms with Crippen molar-refractivity contribution in [1.82, 2.24) is 4.90 Å². The van der Waals surface area contributed by atoms with Gasteiger partial charge in [-0.15, -0.1) is 23.7 Å². The van der Waals surface area contributed by atoms with Gasteiger partial charge in [-0.25, -0.2) is 0 Å². The van der Waals surface area contributed by atoms with Crippen molar-refractivity contribution < 1.29 is 14.3 Å². The Balaban J connectivity index is 0.00000289. The number of rotatable bonds is 7. The van der Waals surface area contributed by atoms with Gasteiger partial charge in [-0.3, -0.25) is 14.5 Å².